The van der Waals surface area contributed by atoms with Crippen LogP contribution in [0.5, 0.6) is 0 Å². The largest absolute Gasteiger partial charge is 0.405 e. The summed E-state index contributed by atoms with van der Waals surface area (Å²) in [6, 6.07) is 2.63. The molecule has 22 heavy (non-hydrogen) atoms. The summed E-state index contributed by atoms with van der Waals surface area (Å²) in [6.45, 7) is 1.30. The number of carbonyl (C=O) groups is 1. The highest BCUT2D eigenvalue weighted by Crippen LogP contribution is 2.18. The number of carbonyl (C=O) groups excluding carboxylic acids is 1. The van der Waals surface area contributed by atoms with E-state index in [0.29, 0.717) is 32.1 Å². The second-order valence-corrected chi connectivity index (χ2v) is 4.74. The van der Waals surface area contributed by atoms with Crippen molar-refractivity contribution < 1.29 is 22.7 Å². The molecule has 0 spiro atoms. The van der Waals surface area contributed by atoms with Gasteiger partial charge in [-0.05, 0) is 6.07 Å². The van der Waals surface area contributed by atoms with Crippen LogP contribution in [-0.4, -0.2) is 50.0 Å². The van der Waals surface area contributed by atoms with Crippen molar-refractivity contribution in [2.24, 2.45) is 0 Å². The van der Waals surface area contributed by atoms with Gasteiger partial charge in [-0.1, -0.05) is 6.07 Å². The first-order chi connectivity index (χ1) is 10.5. The number of nitrogens with one attached hydrogen (secondary N) is 2. The molecule has 1 aromatic heterocycles. The maximum Gasteiger partial charge on any atom is 0.405 e. The first-order valence-electron chi connectivity index (χ1n) is 6.81. The van der Waals surface area contributed by atoms with Crippen LogP contribution in [0.2, 0.25) is 0 Å². The molecule has 0 saturated carbocycles. The van der Waals surface area contributed by atoms with Crippen LogP contribution in [-0.2, 0) is 11.3 Å². The Hall–Kier alpha value is -2.03. The number of hydrogen-bond donors (Lipinski definition) is 2. The van der Waals surface area contributed by atoms with E-state index in [2.05, 4.69) is 10.3 Å². The van der Waals surface area contributed by atoms with Gasteiger partial charge in [0.1, 0.15) is 12.4 Å². The Labute approximate surface area is 125 Å². The topological polar surface area (TPSA) is 66.5 Å². The summed E-state index contributed by atoms with van der Waals surface area (Å²) in [4.78, 5) is 17.7. The van der Waals surface area contributed by atoms with E-state index in [1.165, 1.54) is 0 Å². The second kappa shape index (κ2) is 7.30. The molecule has 9 heteroatoms. The Morgan fingerprint density at radius 1 is 1.32 bits per heavy atom. The number of aromatic nitrogens is 1. The van der Waals surface area contributed by atoms with Gasteiger partial charge in [0.15, 0.2) is 0 Å². The zero-order valence-electron chi connectivity index (χ0n) is 11.8. The average Bonchev–Trinajstić information content (AvgIpc) is 2.51. The Kier molecular flexibility index (Phi) is 5.42. The van der Waals surface area contributed by atoms with Crippen LogP contribution in [0, 0.1) is 0 Å². The number of anilines is 1. The highest BCUT2D eigenvalue weighted by Gasteiger charge is 2.27. The Balaban J connectivity index is 1.91. The number of amides is 2. The van der Waals surface area contributed by atoms with Gasteiger partial charge in [-0.25, -0.2) is 9.78 Å². The Morgan fingerprint density at radius 3 is 2.73 bits per heavy atom. The third-order valence-corrected chi connectivity index (χ3v) is 3.07. The monoisotopic (exact) mass is 318 g/mol. The molecule has 1 fully saturated rings. The molecule has 0 aliphatic carbocycles. The summed E-state index contributed by atoms with van der Waals surface area (Å²) in [6.07, 6.45) is -2.79. The van der Waals surface area contributed by atoms with Crippen LogP contribution in [0.25, 0.3) is 0 Å². The molecule has 1 aliphatic rings. The molecule has 1 aromatic rings. The maximum absolute atomic E-state index is 12.0. The summed E-state index contributed by atoms with van der Waals surface area (Å²) in [7, 11) is 0. The second-order valence-electron chi connectivity index (χ2n) is 4.74. The number of morpholine rings is 1. The van der Waals surface area contributed by atoms with Gasteiger partial charge in [-0.2, -0.15) is 13.2 Å². The van der Waals surface area contributed by atoms with Gasteiger partial charge in [-0.3, -0.25) is 0 Å². The number of rotatable bonds is 4. The van der Waals surface area contributed by atoms with Crippen LogP contribution in [0.3, 0.4) is 0 Å². The van der Waals surface area contributed by atoms with Crippen molar-refractivity contribution in [3.8, 4) is 0 Å². The van der Waals surface area contributed by atoms with Crippen molar-refractivity contribution in [2.75, 3.05) is 37.7 Å². The summed E-state index contributed by atoms with van der Waals surface area (Å²) in [5, 5.41) is 4.17. The van der Waals surface area contributed by atoms with Gasteiger partial charge >= 0.3 is 12.2 Å². The first kappa shape index (κ1) is 16.3. The number of halogens is 3. The SMILES string of the molecule is O=C(NCc1cccnc1N1CCOCC1)NCC(F)(F)F. The van der Waals surface area contributed by atoms with Gasteiger partial charge in [0.05, 0.1) is 13.2 Å². The van der Waals surface area contributed by atoms with Crippen LogP contribution >= 0.6 is 0 Å². The Morgan fingerprint density at radius 2 is 2.05 bits per heavy atom. The van der Waals surface area contributed by atoms with Gasteiger partial charge in [0.25, 0.3) is 0 Å². The molecule has 0 aromatic carbocycles. The zero-order valence-corrected chi connectivity index (χ0v) is 11.8. The van der Waals surface area contributed by atoms with E-state index in [-0.39, 0.29) is 6.54 Å². The molecule has 0 atom stereocenters. The lowest BCUT2D eigenvalue weighted by atomic mass is 10.2. The summed E-state index contributed by atoms with van der Waals surface area (Å²) >= 11 is 0. The summed E-state index contributed by atoms with van der Waals surface area (Å²) in [5.74, 6) is 0.710. The van der Waals surface area contributed by atoms with Crippen molar-refractivity contribution >= 4 is 11.8 Å². The third-order valence-electron chi connectivity index (χ3n) is 3.07. The quantitative estimate of drug-likeness (QED) is 0.878. The van der Waals surface area contributed by atoms with Crippen molar-refractivity contribution in [3.63, 3.8) is 0 Å². The number of nitrogens with zero attached hydrogens (tertiary/aromatic N) is 2. The predicted molar refractivity (Wildman–Crippen MR) is 73.6 cm³/mol. The normalized spacial score (nSPS) is 15.5. The molecule has 2 rings (SSSR count). The molecular formula is C13H17F3N4O2. The van der Waals surface area contributed by atoms with Crippen molar-refractivity contribution in [1.82, 2.24) is 15.6 Å². The van der Waals surface area contributed by atoms with Gasteiger partial charge in [0.2, 0.25) is 0 Å². The molecule has 2 amide bonds. The molecule has 1 saturated heterocycles. The number of pyridine rings is 1. The van der Waals surface area contributed by atoms with E-state index in [9.17, 15) is 18.0 Å². The molecule has 0 radical (unpaired) electrons. The molecular weight excluding hydrogens is 301 g/mol. The molecule has 0 unspecified atom stereocenters. The number of urea groups is 1. The van der Waals surface area contributed by atoms with E-state index < -0.39 is 18.8 Å². The smallest absolute Gasteiger partial charge is 0.378 e. The fourth-order valence-electron chi connectivity index (χ4n) is 2.05. The predicted octanol–water partition coefficient (Wildman–Crippen LogP) is 1.28. The molecule has 1 aliphatic heterocycles. The molecule has 2 N–H and O–H groups in total. The molecule has 6 nitrogen and oxygen atoms in total. The van der Waals surface area contributed by atoms with Crippen molar-refractivity contribution in [3.05, 3.63) is 23.9 Å². The standard InChI is InChI=1S/C13H17F3N4O2/c14-13(15,16)9-19-12(21)18-8-10-2-1-3-17-11(10)20-4-6-22-7-5-20/h1-3H,4-9H2,(H2,18,19,21). The van der Waals surface area contributed by atoms with E-state index in [0.717, 1.165) is 5.56 Å². The highest BCUT2D eigenvalue weighted by molar-refractivity contribution is 5.74. The average molecular weight is 318 g/mol. The van der Waals surface area contributed by atoms with E-state index >= 15 is 0 Å². The van der Waals surface area contributed by atoms with Crippen molar-refractivity contribution in [2.45, 2.75) is 12.7 Å². The van der Waals surface area contributed by atoms with Gasteiger partial charge < -0.3 is 20.3 Å². The lowest BCUT2D eigenvalue weighted by Crippen LogP contribution is -2.41. The summed E-state index contributed by atoms with van der Waals surface area (Å²) in [5.41, 5.74) is 0.742. The van der Waals surface area contributed by atoms with E-state index in [4.69, 9.17) is 4.74 Å². The fourth-order valence-corrected chi connectivity index (χ4v) is 2.05. The Bertz CT molecular complexity index is 504. The van der Waals surface area contributed by atoms with E-state index in [1.807, 2.05) is 4.90 Å². The number of alkyl halides is 3. The van der Waals surface area contributed by atoms with Crippen molar-refractivity contribution in [1.29, 1.82) is 0 Å². The van der Waals surface area contributed by atoms with Gasteiger partial charge in [0, 0.05) is 31.4 Å². The summed E-state index contributed by atoms with van der Waals surface area (Å²) < 4.78 is 41.3. The lowest BCUT2D eigenvalue weighted by molar-refractivity contribution is -0.122. The lowest BCUT2D eigenvalue weighted by Gasteiger charge is -2.29. The van der Waals surface area contributed by atoms with Crippen LogP contribution in [0.1, 0.15) is 5.56 Å². The molecule has 0 bridgehead atoms. The highest BCUT2D eigenvalue weighted by atomic mass is 19.4. The van der Waals surface area contributed by atoms with Crippen LogP contribution < -0.4 is 15.5 Å². The third kappa shape index (κ3) is 5.06. The van der Waals surface area contributed by atoms with Crippen LogP contribution in [0.15, 0.2) is 18.3 Å². The number of ether oxygens (including phenoxy) is 1. The fraction of sp³-hybridized carbons (Fsp3) is 0.538. The number of hydrogen-bond acceptors (Lipinski definition) is 4. The van der Waals surface area contributed by atoms with E-state index in [1.54, 1.807) is 23.6 Å². The molecule has 2 heterocycles. The molecule has 122 valence electrons. The minimum absolute atomic E-state index is 0.101. The zero-order chi connectivity index (χ0) is 16.0. The van der Waals surface area contributed by atoms with Gasteiger partial charge in [-0.15, -0.1) is 0 Å². The maximum atomic E-state index is 12.0. The first-order valence-corrected chi connectivity index (χ1v) is 6.81. The van der Waals surface area contributed by atoms with Crippen LogP contribution in [0.4, 0.5) is 23.8 Å². The minimum atomic E-state index is -4.43. The minimum Gasteiger partial charge on any atom is -0.378 e.